The van der Waals surface area contributed by atoms with Crippen LogP contribution in [-0.4, -0.2) is 0 Å². The SMILES string of the molecule is CCCCc1ccc2c(c1)C(C)(C)c1cc(CCCC)sc1-2. The third-order valence-corrected chi connectivity index (χ3v) is 6.28. The first-order chi connectivity index (χ1) is 10.6. The molecule has 0 fully saturated rings. The summed E-state index contributed by atoms with van der Waals surface area (Å²) in [5.41, 5.74) is 6.28. The van der Waals surface area contributed by atoms with Crippen LogP contribution in [0.1, 0.15) is 74.9 Å². The molecule has 1 aromatic carbocycles. The molecule has 118 valence electrons. The molecule has 3 rings (SSSR count). The molecule has 1 aliphatic carbocycles. The average molecular weight is 313 g/mol. The molecule has 0 atom stereocenters. The molecule has 1 aliphatic rings. The van der Waals surface area contributed by atoms with Crippen molar-refractivity contribution in [2.75, 3.05) is 0 Å². The Labute approximate surface area is 139 Å². The third-order valence-electron chi connectivity index (χ3n) is 5.05. The lowest BCUT2D eigenvalue weighted by atomic mass is 9.82. The van der Waals surface area contributed by atoms with E-state index in [4.69, 9.17) is 0 Å². The highest BCUT2D eigenvalue weighted by molar-refractivity contribution is 7.15. The maximum Gasteiger partial charge on any atom is 0.0389 e. The fraction of sp³-hybridized carbons (Fsp3) is 0.524. The van der Waals surface area contributed by atoms with E-state index in [1.165, 1.54) is 54.5 Å². The van der Waals surface area contributed by atoms with Crippen LogP contribution in [0.15, 0.2) is 24.3 Å². The van der Waals surface area contributed by atoms with Crippen LogP contribution in [0.4, 0.5) is 0 Å². The Morgan fingerprint density at radius 3 is 2.36 bits per heavy atom. The molecule has 0 bridgehead atoms. The summed E-state index contributed by atoms with van der Waals surface area (Å²) in [6.07, 6.45) is 7.62. The first kappa shape index (κ1) is 15.8. The summed E-state index contributed by atoms with van der Waals surface area (Å²) in [7, 11) is 0. The molecule has 0 nitrogen and oxygen atoms in total. The smallest absolute Gasteiger partial charge is 0.0389 e. The van der Waals surface area contributed by atoms with Crippen molar-refractivity contribution in [1.29, 1.82) is 0 Å². The highest BCUT2D eigenvalue weighted by Crippen LogP contribution is 2.52. The van der Waals surface area contributed by atoms with Crippen LogP contribution >= 0.6 is 11.3 Å². The Kier molecular flexibility index (Phi) is 4.45. The molecule has 0 unspecified atom stereocenters. The molecule has 22 heavy (non-hydrogen) atoms. The van der Waals surface area contributed by atoms with E-state index in [0.717, 1.165) is 0 Å². The van der Waals surface area contributed by atoms with Gasteiger partial charge in [0.25, 0.3) is 0 Å². The fourth-order valence-electron chi connectivity index (χ4n) is 3.57. The van der Waals surface area contributed by atoms with Crippen LogP contribution in [0.25, 0.3) is 10.4 Å². The highest BCUT2D eigenvalue weighted by Gasteiger charge is 2.37. The molecule has 0 amide bonds. The van der Waals surface area contributed by atoms with Gasteiger partial charge in [-0.1, -0.05) is 58.7 Å². The molecule has 2 aromatic rings. The lowest BCUT2D eigenvalue weighted by Gasteiger charge is -2.21. The van der Waals surface area contributed by atoms with Crippen molar-refractivity contribution in [3.8, 4) is 10.4 Å². The minimum atomic E-state index is 0.174. The normalized spacial score (nSPS) is 14.9. The number of unbranched alkanes of at least 4 members (excludes halogenated alkanes) is 2. The van der Waals surface area contributed by atoms with Gasteiger partial charge in [0.2, 0.25) is 0 Å². The zero-order valence-electron chi connectivity index (χ0n) is 14.5. The number of rotatable bonds is 6. The fourth-order valence-corrected chi connectivity index (χ4v) is 4.97. The summed E-state index contributed by atoms with van der Waals surface area (Å²) in [5.74, 6) is 0. The summed E-state index contributed by atoms with van der Waals surface area (Å²) >= 11 is 2.03. The van der Waals surface area contributed by atoms with E-state index in [1.807, 2.05) is 11.3 Å². The lowest BCUT2D eigenvalue weighted by Crippen LogP contribution is -2.14. The molecule has 0 aliphatic heterocycles. The molecular formula is C21H28S. The van der Waals surface area contributed by atoms with Gasteiger partial charge in [-0.3, -0.25) is 0 Å². The van der Waals surface area contributed by atoms with Crippen molar-refractivity contribution in [1.82, 2.24) is 0 Å². The number of benzene rings is 1. The van der Waals surface area contributed by atoms with E-state index in [0.29, 0.717) is 0 Å². The standard InChI is InChI=1S/C21H28S/c1-5-7-9-15-11-12-17-18(13-15)21(3,4)19-14-16(10-8-6-2)22-20(17)19/h11-14H,5-10H2,1-4H3. The van der Waals surface area contributed by atoms with Crippen molar-refractivity contribution in [2.45, 2.75) is 71.6 Å². The predicted molar refractivity (Wildman–Crippen MR) is 99.1 cm³/mol. The second kappa shape index (κ2) is 6.20. The zero-order valence-corrected chi connectivity index (χ0v) is 15.3. The number of hydrogen-bond acceptors (Lipinski definition) is 1. The van der Waals surface area contributed by atoms with Crippen LogP contribution < -0.4 is 0 Å². The van der Waals surface area contributed by atoms with Crippen LogP contribution in [0.2, 0.25) is 0 Å². The van der Waals surface area contributed by atoms with Crippen LogP contribution in [0.3, 0.4) is 0 Å². The van der Waals surface area contributed by atoms with Gasteiger partial charge < -0.3 is 0 Å². The van der Waals surface area contributed by atoms with Gasteiger partial charge in [0.1, 0.15) is 0 Å². The molecule has 1 heteroatoms. The first-order valence-electron chi connectivity index (χ1n) is 8.84. The summed E-state index contributed by atoms with van der Waals surface area (Å²) in [6, 6.07) is 9.70. The van der Waals surface area contributed by atoms with Gasteiger partial charge in [-0.25, -0.2) is 0 Å². The second-order valence-electron chi connectivity index (χ2n) is 7.17. The van der Waals surface area contributed by atoms with E-state index in [9.17, 15) is 0 Å². The molecule has 0 saturated carbocycles. The summed E-state index contributed by atoms with van der Waals surface area (Å²) in [5, 5.41) is 0. The van der Waals surface area contributed by atoms with Crippen LogP contribution in [-0.2, 0) is 18.3 Å². The number of thiophene rings is 1. The first-order valence-corrected chi connectivity index (χ1v) is 9.66. The Morgan fingerprint density at radius 1 is 0.909 bits per heavy atom. The van der Waals surface area contributed by atoms with E-state index in [2.05, 4.69) is 52.0 Å². The van der Waals surface area contributed by atoms with Gasteiger partial charge in [0.05, 0.1) is 0 Å². The van der Waals surface area contributed by atoms with E-state index in [1.54, 1.807) is 16.0 Å². The predicted octanol–water partition coefficient (Wildman–Crippen LogP) is 6.74. The maximum absolute atomic E-state index is 2.49. The summed E-state index contributed by atoms with van der Waals surface area (Å²) in [4.78, 5) is 3.11. The quantitative estimate of drug-likeness (QED) is 0.554. The number of aryl methyl sites for hydroxylation is 2. The molecular weight excluding hydrogens is 284 g/mol. The van der Waals surface area contributed by atoms with Crippen LogP contribution in [0.5, 0.6) is 0 Å². The van der Waals surface area contributed by atoms with Crippen molar-refractivity contribution in [3.63, 3.8) is 0 Å². The molecule has 0 spiro atoms. The van der Waals surface area contributed by atoms with Gasteiger partial charge in [-0.05, 0) is 54.0 Å². The van der Waals surface area contributed by atoms with Crippen molar-refractivity contribution < 1.29 is 0 Å². The Balaban J connectivity index is 1.97. The van der Waals surface area contributed by atoms with Gasteiger partial charge in [-0.15, -0.1) is 11.3 Å². The summed E-state index contributed by atoms with van der Waals surface area (Å²) in [6.45, 7) is 9.35. The number of hydrogen-bond donors (Lipinski definition) is 0. The van der Waals surface area contributed by atoms with E-state index in [-0.39, 0.29) is 5.41 Å². The number of fused-ring (bicyclic) bond motifs is 3. The largest absolute Gasteiger partial charge is 0.140 e. The monoisotopic (exact) mass is 312 g/mol. The average Bonchev–Trinajstić information content (AvgIpc) is 3.02. The minimum absolute atomic E-state index is 0.174. The molecule has 1 heterocycles. The van der Waals surface area contributed by atoms with Crippen LogP contribution in [0, 0.1) is 0 Å². The van der Waals surface area contributed by atoms with E-state index < -0.39 is 0 Å². The van der Waals surface area contributed by atoms with Gasteiger partial charge in [0, 0.05) is 15.2 Å². The maximum atomic E-state index is 2.49. The minimum Gasteiger partial charge on any atom is -0.140 e. The summed E-state index contributed by atoms with van der Waals surface area (Å²) < 4.78 is 0. The van der Waals surface area contributed by atoms with Crippen molar-refractivity contribution >= 4 is 11.3 Å². The molecule has 0 radical (unpaired) electrons. The van der Waals surface area contributed by atoms with Crippen molar-refractivity contribution in [3.05, 3.63) is 45.8 Å². The van der Waals surface area contributed by atoms with E-state index >= 15 is 0 Å². The zero-order chi connectivity index (χ0) is 15.7. The van der Waals surface area contributed by atoms with Gasteiger partial charge in [0.15, 0.2) is 0 Å². The Morgan fingerprint density at radius 2 is 1.64 bits per heavy atom. The Bertz CT molecular complexity index is 661. The molecule has 1 aromatic heterocycles. The highest BCUT2D eigenvalue weighted by atomic mass is 32.1. The topological polar surface area (TPSA) is 0 Å². The lowest BCUT2D eigenvalue weighted by molar-refractivity contribution is 0.658. The van der Waals surface area contributed by atoms with Gasteiger partial charge >= 0.3 is 0 Å². The Hall–Kier alpha value is -1.08. The van der Waals surface area contributed by atoms with Crippen molar-refractivity contribution in [2.24, 2.45) is 0 Å². The third kappa shape index (κ3) is 2.65. The molecule has 0 saturated heterocycles. The molecule has 0 N–H and O–H groups in total. The second-order valence-corrected chi connectivity index (χ2v) is 8.30. The van der Waals surface area contributed by atoms with Gasteiger partial charge in [-0.2, -0.15) is 0 Å².